The zero-order chi connectivity index (χ0) is 12.4. The normalized spacial score (nSPS) is 12.5. The predicted octanol–water partition coefficient (Wildman–Crippen LogP) is 2.40. The first-order valence-corrected chi connectivity index (χ1v) is 6.55. The number of nitrogens with zero attached hydrogens (tertiary/aromatic N) is 1. The highest BCUT2D eigenvalue weighted by atomic mass is 16.2. The summed E-state index contributed by atoms with van der Waals surface area (Å²) in [6.07, 6.45) is 6.19. The molecule has 0 bridgehead atoms. The second-order valence-electron chi connectivity index (χ2n) is 4.74. The third kappa shape index (κ3) is 7.69. The van der Waals surface area contributed by atoms with Crippen molar-refractivity contribution in [3.05, 3.63) is 0 Å². The number of nitrogens with two attached hydrogens (primary N) is 1. The Morgan fingerprint density at radius 3 is 2.56 bits per heavy atom. The molecular formula is C13H28N2O. The van der Waals surface area contributed by atoms with Crippen LogP contribution in [0.1, 0.15) is 52.4 Å². The van der Waals surface area contributed by atoms with Crippen LogP contribution in [-0.2, 0) is 4.79 Å². The smallest absolute Gasteiger partial charge is 0.222 e. The van der Waals surface area contributed by atoms with Crippen LogP contribution in [0.5, 0.6) is 0 Å². The molecule has 0 spiro atoms. The van der Waals surface area contributed by atoms with E-state index in [1.165, 1.54) is 12.8 Å². The molecule has 0 radical (unpaired) electrons. The minimum atomic E-state index is 0.278. The highest BCUT2D eigenvalue weighted by Gasteiger charge is 2.10. The minimum absolute atomic E-state index is 0.278. The Morgan fingerprint density at radius 1 is 1.31 bits per heavy atom. The van der Waals surface area contributed by atoms with Crippen molar-refractivity contribution >= 4 is 5.91 Å². The molecule has 0 saturated carbocycles. The van der Waals surface area contributed by atoms with Gasteiger partial charge in [-0.25, -0.2) is 0 Å². The summed E-state index contributed by atoms with van der Waals surface area (Å²) in [7, 11) is 1.91. The van der Waals surface area contributed by atoms with Crippen molar-refractivity contribution < 1.29 is 4.79 Å². The number of carbonyl (C=O) groups is 1. The quantitative estimate of drug-likeness (QED) is 0.616. The van der Waals surface area contributed by atoms with Gasteiger partial charge in [0.1, 0.15) is 0 Å². The van der Waals surface area contributed by atoms with E-state index in [1.54, 1.807) is 0 Å². The molecule has 3 heteroatoms. The lowest BCUT2D eigenvalue weighted by molar-refractivity contribution is -0.130. The monoisotopic (exact) mass is 228 g/mol. The van der Waals surface area contributed by atoms with Crippen LogP contribution in [0.3, 0.4) is 0 Å². The molecule has 0 aliphatic heterocycles. The Kier molecular flexibility index (Phi) is 9.30. The van der Waals surface area contributed by atoms with Crippen LogP contribution in [0, 0.1) is 5.92 Å². The molecule has 0 rings (SSSR count). The average Bonchev–Trinajstić information content (AvgIpc) is 2.26. The zero-order valence-corrected chi connectivity index (χ0v) is 11.2. The maximum absolute atomic E-state index is 11.7. The Hall–Kier alpha value is -0.570. The van der Waals surface area contributed by atoms with Gasteiger partial charge in [-0.2, -0.15) is 0 Å². The molecule has 1 unspecified atom stereocenters. The van der Waals surface area contributed by atoms with E-state index in [9.17, 15) is 4.79 Å². The van der Waals surface area contributed by atoms with Crippen LogP contribution in [0.4, 0.5) is 0 Å². The molecule has 0 aromatic rings. The first kappa shape index (κ1) is 15.4. The summed E-state index contributed by atoms with van der Waals surface area (Å²) in [5.41, 5.74) is 5.48. The summed E-state index contributed by atoms with van der Waals surface area (Å²) in [6, 6.07) is 0. The summed E-state index contributed by atoms with van der Waals surface area (Å²) in [6.45, 7) is 5.97. The zero-order valence-electron chi connectivity index (χ0n) is 11.2. The van der Waals surface area contributed by atoms with Crippen molar-refractivity contribution in [3.8, 4) is 0 Å². The van der Waals surface area contributed by atoms with Gasteiger partial charge in [-0.15, -0.1) is 0 Å². The lowest BCUT2D eigenvalue weighted by Crippen LogP contribution is -2.27. The maximum atomic E-state index is 11.7. The molecule has 16 heavy (non-hydrogen) atoms. The van der Waals surface area contributed by atoms with Gasteiger partial charge in [0, 0.05) is 20.0 Å². The third-order valence-electron chi connectivity index (χ3n) is 3.03. The van der Waals surface area contributed by atoms with E-state index in [4.69, 9.17) is 5.73 Å². The molecule has 0 aromatic carbocycles. The van der Waals surface area contributed by atoms with Crippen LogP contribution < -0.4 is 5.73 Å². The molecule has 0 fully saturated rings. The highest BCUT2D eigenvalue weighted by molar-refractivity contribution is 5.75. The van der Waals surface area contributed by atoms with E-state index < -0.39 is 0 Å². The third-order valence-corrected chi connectivity index (χ3v) is 3.03. The number of rotatable bonds is 9. The topological polar surface area (TPSA) is 46.3 Å². The van der Waals surface area contributed by atoms with Crippen LogP contribution in [0.25, 0.3) is 0 Å². The standard InChI is InChI=1S/C13H28N2O/c1-4-5-6-11-15(3)13(16)8-7-12(2)9-10-14/h12H,4-11,14H2,1-3H3. The van der Waals surface area contributed by atoms with E-state index >= 15 is 0 Å². The van der Waals surface area contributed by atoms with Crippen molar-refractivity contribution in [1.82, 2.24) is 4.90 Å². The lowest BCUT2D eigenvalue weighted by atomic mass is 10.0. The summed E-state index contributed by atoms with van der Waals surface area (Å²) in [4.78, 5) is 13.6. The summed E-state index contributed by atoms with van der Waals surface area (Å²) < 4.78 is 0. The summed E-state index contributed by atoms with van der Waals surface area (Å²) in [5, 5.41) is 0. The fraction of sp³-hybridized carbons (Fsp3) is 0.923. The van der Waals surface area contributed by atoms with Crippen LogP contribution in [0.15, 0.2) is 0 Å². The van der Waals surface area contributed by atoms with Crippen LogP contribution in [-0.4, -0.2) is 30.9 Å². The van der Waals surface area contributed by atoms with E-state index in [0.29, 0.717) is 12.3 Å². The number of amides is 1. The summed E-state index contributed by atoms with van der Waals surface area (Å²) in [5.74, 6) is 0.845. The number of unbranched alkanes of at least 4 members (excludes halogenated alkanes) is 2. The van der Waals surface area contributed by atoms with Crippen LogP contribution >= 0.6 is 0 Å². The van der Waals surface area contributed by atoms with E-state index in [-0.39, 0.29) is 5.91 Å². The molecule has 96 valence electrons. The summed E-state index contributed by atoms with van der Waals surface area (Å²) >= 11 is 0. The molecule has 1 atom stereocenters. The molecule has 0 saturated heterocycles. The van der Waals surface area contributed by atoms with Crippen molar-refractivity contribution in [1.29, 1.82) is 0 Å². The molecule has 2 N–H and O–H groups in total. The molecule has 0 heterocycles. The predicted molar refractivity (Wildman–Crippen MR) is 69.2 cm³/mol. The number of carbonyl (C=O) groups excluding carboxylic acids is 1. The van der Waals surface area contributed by atoms with Gasteiger partial charge in [0.25, 0.3) is 0 Å². The van der Waals surface area contributed by atoms with Crippen molar-refractivity contribution in [3.63, 3.8) is 0 Å². The average molecular weight is 228 g/mol. The Labute approximate surface area is 100 Å². The van der Waals surface area contributed by atoms with Crippen molar-refractivity contribution in [2.75, 3.05) is 20.1 Å². The Bertz CT molecular complexity index is 183. The van der Waals surface area contributed by atoms with Gasteiger partial charge in [0.15, 0.2) is 0 Å². The minimum Gasteiger partial charge on any atom is -0.346 e. The highest BCUT2D eigenvalue weighted by Crippen LogP contribution is 2.10. The first-order chi connectivity index (χ1) is 7.61. The van der Waals surface area contributed by atoms with Gasteiger partial charge < -0.3 is 10.6 Å². The van der Waals surface area contributed by atoms with E-state index in [0.717, 1.165) is 32.4 Å². The Morgan fingerprint density at radius 2 is 2.00 bits per heavy atom. The molecule has 1 amide bonds. The van der Waals surface area contributed by atoms with Gasteiger partial charge in [0.2, 0.25) is 5.91 Å². The largest absolute Gasteiger partial charge is 0.346 e. The maximum Gasteiger partial charge on any atom is 0.222 e. The second-order valence-corrected chi connectivity index (χ2v) is 4.74. The molecule has 3 nitrogen and oxygen atoms in total. The lowest BCUT2D eigenvalue weighted by Gasteiger charge is -2.18. The Balaban J connectivity index is 3.62. The number of hydrogen-bond donors (Lipinski definition) is 1. The van der Waals surface area contributed by atoms with Gasteiger partial charge in [-0.1, -0.05) is 26.7 Å². The van der Waals surface area contributed by atoms with E-state index in [1.807, 2.05) is 11.9 Å². The molecular weight excluding hydrogens is 200 g/mol. The molecule has 0 aromatic heterocycles. The fourth-order valence-corrected chi connectivity index (χ4v) is 1.71. The van der Waals surface area contributed by atoms with Crippen molar-refractivity contribution in [2.24, 2.45) is 11.7 Å². The molecule has 0 aliphatic carbocycles. The molecule has 0 aliphatic rings. The van der Waals surface area contributed by atoms with Crippen molar-refractivity contribution in [2.45, 2.75) is 52.4 Å². The van der Waals surface area contributed by atoms with Gasteiger partial charge in [0.05, 0.1) is 0 Å². The van der Waals surface area contributed by atoms with E-state index in [2.05, 4.69) is 13.8 Å². The second kappa shape index (κ2) is 9.64. The fourth-order valence-electron chi connectivity index (χ4n) is 1.71. The van der Waals surface area contributed by atoms with Gasteiger partial charge in [-0.3, -0.25) is 4.79 Å². The van der Waals surface area contributed by atoms with Crippen LogP contribution in [0.2, 0.25) is 0 Å². The number of hydrogen-bond acceptors (Lipinski definition) is 2. The first-order valence-electron chi connectivity index (χ1n) is 6.55. The van der Waals surface area contributed by atoms with Gasteiger partial charge >= 0.3 is 0 Å². The SMILES string of the molecule is CCCCCN(C)C(=O)CCC(C)CCN. The van der Waals surface area contributed by atoms with Gasteiger partial charge in [-0.05, 0) is 31.7 Å².